The summed E-state index contributed by atoms with van der Waals surface area (Å²) in [6.45, 7) is 1.60. The van der Waals surface area contributed by atoms with Gasteiger partial charge in [-0.1, -0.05) is 6.92 Å². The summed E-state index contributed by atoms with van der Waals surface area (Å²) in [6.07, 6.45) is 0.937. The molecular weight excluding hydrogens is 192 g/mol. The number of hydrogen-bond donors (Lipinski definition) is 2. The Morgan fingerprint density at radius 3 is 1.42 bits per heavy atom. The highest BCUT2D eigenvalue weighted by Gasteiger charge is 1.81. The lowest BCUT2D eigenvalue weighted by Crippen LogP contribution is -1.88. The largest absolute Gasteiger partial charge is 0.481 e. The predicted octanol–water partition coefficient (Wildman–Crippen LogP) is -1.66. The summed E-state index contributed by atoms with van der Waals surface area (Å²) in [5.41, 5.74) is 0. The van der Waals surface area contributed by atoms with Crippen molar-refractivity contribution < 1.29 is 33.8 Å². The highest BCUT2D eigenvalue weighted by Crippen LogP contribution is 1.67. The first-order chi connectivity index (χ1) is 4.27. The Balaban J connectivity index is -0.0000000457. The molecule has 0 aliphatic carbocycles. The van der Waals surface area contributed by atoms with E-state index in [-0.39, 0.29) is 17.4 Å². The maximum absolute atomic E-state index is 9.37. The van der Waals surface area contributed by atoms with Gasteiger partial charge in [-0.2, -0.15) is 8.42 Å². The smallest absolute Gasteiger partial charge is 0.303 e. The van der Waals surface area contributed by atoms with Crippen molar-refractivity contribution in [3.05, 3.63) is 0 Å². The van der Waals surface area contributed by atoms with Crippen LogP contribution in [0.3, 0.4) is 0 Å². The molecule has 0 aromatic carbocycles. The Hall–Kier alpha value is -0.700. The Morgan fingerprint density at radius 2 is 1.42 bits per heavy atom. The predicted molar refractivity (Wildman–Crippen MR) is 42.6 cm³/mol. The summed E-state index contributed by atoms with van der Waals surface area (Å²) in [7, 11) is -3.67. The molecule has 0 amide bonds. The number of carboxylic acids is 1. The van der Waals surface area contributed by atoms with E-state index in [1.54, 1.807) is 6.92 Å². The van der Waals surface area contributed by atoms with Crippen molar-refractivity contribution in [3.8, 4) is 0 Å². The topological polar surface area (TPSA) is 155 Å². The molecule has 0 unspecified atom stereocenters. The second-order valence-electron chi connectivity index (χ2n) is 1.48. The average Bonchev–Trinajstić information content (AvgIpc) is 1.61. The summed E-state index contributed by atoms with van der Waals surface area (Å²) in [6, 6.07) is 0. The number of hydrogen-bond acceptors (Lipinski definition) is 3. The summed E-state index contributed by atoms with van der Waals surface area (Å²) in [4.78, 5) is 9.37. The minimum Gasteiger partial charge on any atom is -0.481 e. The molecule has 0 heterocycles. The molecule has 78 valence electrons. The summed E-state index contributed by atoms with van der Waals surface area (Å²) in [5.74, 6) is -0.745. The molecule has 0 aromatic heterocycles. The van der Waals surface area contributed by atoms with Crippen LogP contribution in [0.1, 0.15) is 13.3 Å². The van der Waals surface area contributed by atoms with Crippen molar-refractivity contribution in [2.45, 2.75) is 13.3 Å². The van der Waals surface area contributed by atoms with Crippen LogP contribution in [0.2, 0.25) is 0 Å². The van der Waals surface area contributed by atoms with Crippen LogP contribution in [0, 0.1) is 0 Å². The average molecular weight is 206 g/mol. The van der Waals surface area contributed by atoms with E-state index >= 15 is 0 Å². The first-order valence-corrected chi connectivity index (χ1v) is 4.26. The lowest BCUT2D eigenvalue weighted by atomic mass is 10.5. The standard InChI is InChI=1S/C3H6O2.CH4O3S.2H2O/c1-2-3(4)5;1-5(2,3)4;;/h2H2,1H3,(H,4,5);1H3,(H,2,3,4);2*1H2. The molecule has 8 heteroatoms. The van der Waals surface area contributed by atoms with Gasteiger partial charge >= 0.3 is 5.97 Å². The van der Waals surface area contributed by atoms with Crippen molar-refractivity contribution in [1.82, 2.24) is 0 Å². The molecular formula is C4H14O7S. The molecule has 0 spiro atoms. The molecule has 0 bridgehead atoms. The van der Waals surface area contributed by atoms with E-state index in [9.17, 15) is 13.2 Å². The third-order valence-electron chi connectivity index (χ3n) is 0.302. The lowest BCUT2D eigenvalue weighted by Gasteiger charge is -1.71. The van der Waals surface area contributed by atoms with Crippen LogP contribution in [0.25, 0.3) is 0 Å². The van der Waals surface area contributed by atoms with E-state index in [1.165, 1.54) is 0 Å². The van der Waals surface area contributed by atoms with Crippen molar-refractivity contribution in [2.75, 3.05) is 6.26 Å². The van der Waals surface area contributed by atoms with E-state index in [0.717, 1.165) is 0 Å². The Morgan fingerprint density at radius 1 is 1.33 bits per heavy atom. The molecule has 0 rings (SSSR count). The van der Waals surface area contributed by atoms with Gasteiger partial charge in [-0.05, 0) is 0 Å². The van der Waals surface area contributed by atoms with Gasteiger partial charge in [0.05, 0.1) is 6.26 Å². The highest BCUT2D eigenvalue weighted by molar-refractivity contribution is 7.85. The van der Waals surface area contributed by atoms with Gasteiger partial charge in [0.25, 0.3) is 10.1 Å². The number of carboxylic acid groups (broad SMARTS) is 1. The fourth-order valence-electron chi connectivity index (χ4n) is 0. The fraction of sp³-hybridized carbons (Fsp3) is 0.750. The molecule has 12 heavy (non-hydrogen) atoms. The van der Waals surface area contributed by atoms with Gasteiger partial charge in [-0.3, -0.25) is 9.35 Å². The molecule has 0 fully saturated rings. The maximum Gasteiger partial charge on any atom is 0.303 e. The molecule has 0 atom stereocenters. The molecule has 0 aliphatic heterocycles. The second-order valence-corrected chi connectivity index (χ2v) is 2.95. The van der Waals surface area contributed by atoms with Crippen LogP contribution in [0.15, 0.2) is 0 Å². The van der Waals surface area contributed by atoms with E-state index in [2.05, 4.69) is 0 Å². The molecule has 0 saturated carbocycles. The molecule has 0 saturated heterocycles. The van der Waals surface area contributed by atoms with Gasteiger partial charge < -0.3 is 16.1 Å². The van der Waals surface area contributed by atoms with Gasteiger partial charge in [0.1, 0.15) is 0 Å². The Labute approximate surface area is 70.4 Å². The van der Waals surface area contributed by atoms with Gasteiger partial charge in [0.15, 0.2) is 0 Å². The zero-order valence-electron chi connectivity index (χ0n) is 6.73. The van der Waals surface area contributed by atoms with Crippen molar-refractivity contribution >= 4 is 16.1 Å². The zero-order chi connectivity index (χ0) is 8.78. The molecule has 0 aliphatic rings. The van der Waals surface area contributed by atoms with E-state index in [4.69, 9.17) is 9.66 Å². The molecule has 0 aromatic rings. The third-order valence-corrected chi connectivity index (χ3v) is 0.302. The SMILES string of the molecule is CCC(=O)O.CS(=O)(=O)O.O.O. The lowest BCUT2D eigenvalue weighted by molar-refractivity contribution is -0.136. The normalized spacial score (nSPS) is 7.92. The van der Waals surface area contributed by atoms with Gasteiger partial charge in [0, 0.05) is 6.42 Å². The summed E-state index contributed by atoms with van der Waals surface area (Å²) in [5, 5.41) is 7.72. The molecule has 0 radical (unpaired) electrons. The van der Waals surface area contributed by atoms with Crippen LogP contribution in [0.4, 0.5) is 0 Å². The molecule has 6 N–H and O–H groups in total. The first kappa shape index (κ1) is 22.5. The monoisotopic (exact) mass is 206 g/mol. The molecule has 7 nitrogen and oxygen atoms in total. The van der Waals surface area contributed by atoms with Gasteiger partial charge in [0.2, 0.25) is 0 Å². The minimum absolute atomic E-state index is 0. The van der Waals surface area contributed by atoms with Gasteiger partial charge in [-0.15, -0.1) is 0 Å². The quantitative estimate of drug-likeness (QED) is 0.491. The van der Waals surface area contributed by atoms with Crippen molar-refractivity contribution in [3.63, 3.8) is 0 Å². The number of rotatable bonds is 1. The van der Waals surface area contributed by atoms with Gasteiger partial charge in [-0.25, -0.2) is 0 Å². The highest BCUT2D eigenvalue weighted by atomic mass is 32.2. The van der Waals surface area contributed by atoms with Crippen LogP contribution in [-0.2, 0) is 14.9 Å². The number of carbonyl (C=O) groups is 1. The fourth-order valence-corrected chi connectivity index (χ4v) is 0. The summed E-state index contributed by atoms with van der Waals surface area (Å²) < 4.78 is 25.9. The Kier molecular flexibility index (Phi) is 19.3. The zero-order valence-corrected chi connectivity index (χ0v) is 7.55. The number of aliphatic carboxylic acids is 1. The van der Waals surface area contributed by atoms with E-state index in [0.29, 0.717) is 6.26 Å². The van der Waals surface area contributed by atoms with E-state index < -0.39 is 16.1 Å². The van der Waals surface area contributed by atoms with E-state index in [1.807, 2.05) is 0 Å². The van der Waals surface area contributed by atoms with Crippen molar-refractivity contribution in [2.24, 2.45) is 0 Å². The summed E-state index contributed by atoms with van der Waals surface area (Å²) >= 11 is 0. The Bertz CT molecular complexity index is 174. The van der Waals surface area contributed by atoms with Crippen LogP contribution >= 0.6 is 0 Å². The minimum atomic E-state index is -3.67. The second kappa shape index (κ2) is 10.3. The van der Waals surface area contributed by atoms with Crippen LogP contribution in [-0.4, -0.2) is 41.3 Å². The third kappa shape index (κ3) is 379. The van der Waals surface area contributed by atoms with Crippen LogP contribution < -0.4 is 0 Å². The van der Waals surface area contributed by atoms with Crippen molar-refractivity contribution in [1.29, 1.82) is 0 Å². The first-order valence-electron chi connectivity index (χ1n) is 2.41. The van der Waals surface area contributed by atoms with Crippen LogP contribution in [0.5, 0.6) is 0 Å². The maximum atomic E-state index is 9.37.